The Morgan fingerprint density at radius 3 is 2.18 bits per heavy atom. The first kappa shape index (κ1) is 25.6. The third-order valence-corrected chi connectivity index (χ3v) is 10.9. The molecular weight excluding hydrogens is 551 g/mol. The van der Waals surface area contributed by atoms with Crippen LogP contribution in [-0.4, -0.2) is 4.57 Å². The summed E-state index contributed by atoms with van der Waals surface area (Å²) in [6, 6.07) is 45.0. The summed E-state index contributed by atoms with van der Waals surface area (Å²) in [5.41, 5.74) is 13.1. The van der Waals surface area contributed by atoms with Crippen molar-refractivity contribution in [3.8, 4) is 27.9 Å². The fourth-order valence-electron chi connectivity index (χ4n) is 7.70. The molecule has 0 bridgehead atoms. The lowest BCUT2D eigenvalue weighted by Crippen LogP contribution is -2.14. The Morgan fingerprint density at radius 1 is 0.591 bits per heavy atom. The van der Waals surface area contributed by atoms with E-state index in [1.54, 1.807) is 0 Å². The van der Waals surface area contributed by atoms with Gasteiger partial charge in [0.25, 0.3) is 0 Å². The second kappa shape index (κ2) is 9.29. The summed E-state index contributed by atoms with van der Waals surface area (Å²) in [7, 11) is 0. The number of hydrogen-bond acceptors (Lipinski definition) is 1. The number of allylic oxidation sites excluding steroid dienone is 1. The molecule has 44 heavy (non-hydrogen) atoms. The lowest BCUT2D eigenvalue weighted by molar-refractivity contribution is 0.660. The molecule has 1 aliphatic carbocycles. The third-order valence-electron chi connectivity index (χ3n) is 9.69. The Balaban J connectivity index is 1.37. The van der Waals surface area contributed by atoms with Crippen LogP contribution in [0.1, 0.15) is 37.5 Å². The second-order valence-corrected chi connectivity index (χ2v) is 13.5. The Kier molecular flexibility index (Phi) is 5.40. The number of fused-ring (bicyclic) bond motifs is 10. The summed E-state index contributed by atoms with van der Waals surface area (Å²) in [5, 5.41) is 5.32. The summed E-state index contributed by atoms with van der Waals surface area (Å²) in [4.78, 5) is 0. The van der Waals surface area contributed by atoms with E-state index in [2.05, 4.69) is 159 Å². The standard InChI is InChI=1S/C42H31NS/c1-4-13-27-25-37-39(32-17-9-11-21-36(32)43(37)28-14-6-5-7-15-28)41-38(27)33-19-12-18-29(40(33)44-41)26-22-23-31-30-16-8-10-20-34(30)42(2,3)35(31)24-26/h4-25H,1-3H3/b13-4+. The Morgan fingerprint density at radius 2 is 1.32 bits per heavy atom. The normalized spacial score (nSPS) is 13.9. The largest absolute Gasteiger partial charge is 0.309 e. The van der Waals surface area contributed by atoms with Crippen molar-refractivity contribution in [1.82, 2.24) is 4.57 Å². The highest BCUT2D eigenvalue weighted by molar-refractivity contribution is 7.27. The summed E-state index contributed by atoms with van der Waals surface area (Å²) < 4.78 is 5.14. The maximum Gasteiger partial charge on any atom is 0.0561 e. The number of benzene rings is 6. The zero-order valence-corrected chi connectivity index (χ0v) is 25.9. The first-order chi connectivity index (χ1) is 21.6. The number of rotatable bonds is 3. The average molecular weight is 582 g/mol. The van der Waals surface area contributed by atoms with E-state index >= 15 is 0 Å². The molecule has 2 heterocycles. The van der Waals surface area contributed by atoms with Crippen molar-refractivity contribution in [2.24, 2.45) is 0 Å². The smallest absolute Gasteiger partial charge is 0.0561 e. The highest BCUT2D eigenvalue weighted by atomic mass is 32.1. The minimum absolute atomic E-state index is 0.0273. The first-order valence-electron chi connectivity index (χ1n) is 15.4. The van der Waals surface area contributed by atoms with Crippen LogP contribution in [0, 0.1) is 0 Å². The molecule has 0 amide bonds. The van der Waals surface area contributed by atoms with E-state index in [-0.39, 0.29) is 5.41 Å². The number of aromatic nitrogens is 1. The summed E-state index contributed by atoms with van der Waals surface area (Å²) >= 11 is 1.95. The first-order valence-corrected chi connectivity index (χ1v) is 16.2. The van der Waals surface area contributed by atoms with E-state index in [9.17, 15) is 0 Å². The van der Waals surface area contributed by atoms with Gasteiger partial charge in [-0.3, -0.25) is 0 Å². The van der Waals surface area contributed by atoms with Crippen molar-refractivity contribution in [2.75, 3.05) is 0 Å². The minimum Gasteiger partial charge on any atom is -0.309 e. The van der Waals surface area contributed by atoms with Gasteiger partial charge in [0.05, 0.1) is 11.0 Å². The van der Waals surface area contributed by atoms with Crippen LogP contribution in [0.4, 0.5) is 0 Å². The van der Waals surface area contributed by atoms with E-state index in [1.807, 2.05) is 11.3 Å². The highest BCUT2D eigenvalue weighted by Gasteiger charge is 2.35. The van der Waals surface area contributed by atoms with Crippen LogP contribution in [0.2, 0.25) is 0 Å². The quantitative estimate of drug-likeness (QED) is 0.196. The van der Waals surface area contributed by atoms with Gasteiger partial charge >= 0.3 is 0 Å². The molecule has 1 nitrogen and oxygen atoms in total. The van der Waals surface area contributed by atoms with Crippen LogP contribution in [0.15, 0.2) is 127 Å². The summed E-state index contributed by atoms with van der Waals surface area (Å²) in [6.45, 7) is 6.85. The van der Waals surface area contributed by atoms with Crippen molar-refractivity contribution < 1.29 is 0 Å². The molecule has 2 aromatic heterocycles. The van der Waals surface area contributed by atoms with Gasteiger partial charge in [-0.25, -0.2) is 0 Å². The van der Waals surface area contributed by atoms with Crippen molar-refractivity contribution in [3.63, 3.8) is 0 Å². The van der Waals surface area contributed by atoms with E-state index in [1.165, 1.54) is 86.6 Å². The van der Waals surface area contributed by atoms with Gasteiger partial charge in [0.15, 0.2) is 0 Å². The molecule has 8 aromatic rings. The van der Waals surface area contributed by atoms with Crippen LogP contribution in [0.3, 0.4) is 0 Å². The lowest BCUT2D eigenvalue weighted by atomic mass is 9.81. The Labute approximate surface area is 261 Å². The Hall–Kier alpha value is -4.92. The summed E-state index contributed by atoms with van der Waals surface area (Å²) in [6.07, 6.45) is 4.45. The molecule has 6 aromatic carbocycles. The molecule has 0 saturated carbocycles. The molecule has 1 aliphatic rings. The molecule has 0 unspecified atom stereocenters. The predicted molar refractivity (Wildman–Crippen MR) is 191 cm³/mol. The average Bonchev–Trinajstić information content (AvgIpc) is 3.68. The van der Waals surface area contributed by atoms with Gasteiger partial charge in [0.2, 0.25) is 0 Å². The van der Waals surface area contributed by atoms with Crippen molar-refractivity contribution in [1.29, 1.82) is 0 Å². The molecule has 0 N–H and O–H groups in total. The van der Waals surface area contributed by atoms with E-state index < -0.39 is 0 Å². The molecule has 0 aliphatic heterocycles. The third kappa shape index (κ3) is 3.40. The van der Waals surface area contributed by atoms with Gasteiger partial charge in [0, 0.05) is 42.0 Å². The molecule has 0 spiro atoms. The molecular formula is C42H31NS. The van der Waals surface area contributed by atoms with Crippen molar-refractivity contribution in [3.05, 3.63) is 144 Å². The SMILES string of the molecule is C/C=C/c1cc2c(c3ccccc3n2-c2ccccc2)c2sc3c(-c4ccc5c(c4)C(C)(C)c4ccccc4-5)cccc3c12. The van der Waals surface area contributed by atoms with Gasteiger partial charge in [-0.15, -0.1) is 11.3 Å². The van der Waals surface area contributed by atoms with Crippen molar-refractivity contribution in [2.45, 2.75) is 26.2 Å². The van der Waals surface area contributed by atoms with E-state index in [0.29, 0.717) is 0 Å². The van der Waals surface area contributed by atoms with Crippen LogP contribution >= 0.6 is 11.3 Å². The molecule has 0 fully saturated rings. The maximum atomic E-state index is 2.46. The fourth-order valence-corrected chi connectivity index (χ4v) is 9.13. The number of nitrogens with zero attached hydrogens (tertiary/aromatic N) is 1. The van der Waals surface area contributed by atoms with Crippen LogP contribution in [-0.2, 0) is 5.41 Å². The minimum atomic E-state index is -0.0273. The molecule has 9 rings (SSSR count). The van der Waals surface area contributed by atoms with E-state index in [0.717, 1.165) is 0 Å². The monoisotopic (exact) mass is 581 g/mol. The van der Waals surface area contributed by atoms with Crippen LogP contribution in [0.25, 0.3) is 76.0 Å². The van der Waals surface area contributed by atoms with Gasteiger partial charge in [0.1, 0.15) is 0 Å². The van der Waals surface area contributed by atoms with Crippen LogP contribution in [0.5, 0.6) is 0 Å². The lowest BCUT2D eigenvalue weighted by Gasteiger charge is -2.22. The molecule has 210 valence electrons. The van der Waals surface area contributed by atoms with E-state index in [4.69, 9.17) is 0 Å². The molecule has 0 atom stereocenters. The molecule has 0 saturated heterocycles. The zero-order chi connectivity index (χ0) is 29.6. The maximum absolute atomic E-state index is 2.46. The van der Waals surface area contributed by atoms with Gasteiger partial charge in [-0.2, -0.15) is 0 Å². The van der Waals surface area contributed by atoms with Gasteiger partial charge in [-0.1, -0.05) is 117 Å². The van der Waals surface area contributed by atoms with Gasteiger partial charge < -0.3 is 4.57 Å². The summed E-state index contributed by atoms with van der Waals surface area (Å²) in [5.74, 6) is 0. The second-order valence-electron chi connectivity index (χ2n) is 12.5. The van der Waals surface area contributed by atoms with Crippen molar-refractivity contribution >= 4 is 59.4 Å². The molecule has 0 radical (unpaired) electrons. The fraction of sp³-hybridized carbons (Fsp3) is 0.0952. The Bertz CT molecular complexity index is 2470. The molecule has 2 heteroatoms. The predicted octanol–water partition coefficient (Wildman–Crippen LogP) is 12.2. The topological polar surface area (TPSA) is 4.93 Å². The van der Waals surface area contributed by atoms with Gasteiger partial charge in [-0.05, 0) is 76.2 Å². The number of thiophene rings is 1. The zero-order valence-electron chi connectivity index (χ0n) is 25.1. The van der Waals surface area contributed by atoms with Crippen LogP contribution < -0.4 is 0 Å². The number of hydrogen-bond donors (Lipinski definition) is 0. The highest BCUT2D eigenvalue weighted by Crippen LogP contribution is 2.51. The number of para-hydroxylation sites is 2.